The Bertz CT molecular complexity index is 608. The topological polar surface area (TPSA) is 54.4 Å². The maximum atomic E-state index is 13.0. The lowest BCUT2D eigenvalue weighted by atomic mass is 9.41. The van der Waals surface area contributed by atoms with Gasteiger partial charge in [0.2, 0.25) is 0 Å². The van der Waals surface area contributed by atoms with E-state index in [2.05, 4.69) is 13.5 Å². The molecule has 4 aliphatic carbocycles. The van der Waals surface area contributed by atoms with E-state index in [9.17, 15) is 14.7 Å². The van der Waals surface area contributed by atoms with Crippen molar-refractivity contribution in [1.82, 2.24) is 0 Å². The molecule has 23 heavy (non-hydrogen) atoms. The molecule has 4 saturated carbocycles. The molecule has 0 aromatic rings. The van der Waals surface area contributed by atoms with Crippen molar-refractivity contribution in [1.29, 1.82) is 0 Å². The maximum absolute atomic E-state index is 13.0. The molecule has 1 N–H and O–H groups in total. The van der Waals surface area contributed by atoms with Gasteiger partial charge in [0, 0.05) is 5.41 Å². The largest absolute Gasteiger partial charge is 0.481 e. The molecule has 0 heterocycles. The van der Waals surface area contributed by atoms with Crippen molar-refractivity contribution in [2.45, 2.75) is 65.2 Å². The highest BCUT2D eigenvalue weighted by molar-refractivity contribution is 6.03. The fourth-order valence-corrected chi connectivity index (χ4v) is 7.37. The predicted molar refractivity (Wildman–Crippen MR) is 87.8 cm³/mol. The third-order valence-corrected chi connectivity index (χ3v) is 8.46. The Labute approximate surface area is 138 Å². The molecule has 0 aliphatic heterocycles. The minimum Gasteiger partial charge on any atom is -0.481 e. The van der Waals surface area contributed by atoms with Gasteiger partial charge in [0.15, 0.2) is 5.78 Å². The Morgan fingerprint density at radius 2 is 1.87 bits per heavy atom. The molecule has 4 fully saturated rings. The molecule has 0 aromatic heterocycles. The van der Waals surface area contributed by atoms with Crippen LogP contribution in [0.1, 0.15) is 65.2 Å². The molecule has 126 valence electrons. The monoisotopic (exact) mass is 316 g/mol. The number of carboxylic acid groups (broad SMARTS) is 1. The second kappa shape index (κ2) is 4.49. The van der Waals surface area contributed by atoms with Gasteiger partial charge in [-0.2, -0.15) is 0 Å². The first kappa shape index (κ1) is 15.4. The molecule has 0 amide bonds. The van der Waals surface area contributed by atoms with Crippen LogP contribution in [-0.4, -0.2) is 16.9 Å². The molecule has 0 saturated heterocycles. The fourth-order valence-electron chi connectivity index (χ4n) is 7.37. The molecular formula is C20H28O3. The summed E-state index contributed by atoms with van der Waals surface area (Å²) in [7, 11) is 0. The van der Waals surface area contributed by atoms with Crippen LogP contribution in [0.4, 0.5) is 0 Å². The van der Waals surface area contributed by atoms with E-state index < -0.39 is 11.4 Å². The van der Waals surface area contributed by atoms with Gasteiger partial charge in [0.25, 0.3) is 0 Å². The highest BCUT2D eigenvalue weighted by Crippen LogP contribution is 2.71. The van der Waals surface area contributed by atoms with Crippen molar-refractivity contribution in [2.24, 2.45) is 34.0 Å². The summed E-state index contributed by atoms with van der Waals surface area (Å²) < 4.78 is 0. The Balaban J connectivity index is 1.79. The lowest BCUT2D eigenvalue weighted by Crippen LogP contribution is -2.59. The quantitative estimate of drug-likeness (QED) is 0.737. The summed E-state index contributed by atoms with van der Waals surface area (Å²) in [6.07, 6.45) is 7.75. The van der Waals surface area contributed by atoms with Gasteiger partial charge in [-0.15, -0.1) is 0 Å². The summed E-state index contributed by atoms with van der Waals surface area (Å²) in [5, 5.41) is 9.89. The van der Waals surface area contributed by atoms with E-state index in [4.69, 9.17) is 0 Å². The number of carboxylic acids is 1. The average molecular weight is 316 g/mol. The minimum absolute atomic E-state index is 0.00507. The Hall–Kier alpha value is -1.12. The van der Waals surface area contributed by atoms with Gasteiger partial charge in [0.1, 0.15) is 0 Å². The molecule has 2 bridgehead atoms. The van der Waals surface area contributed by atoms with Crippen molar-refractivity contribution in [3.05, 3.63) is 12.2 Å². The summed E-state index contributed by atoms with van der Waals surface area (Å²) >= 11 is 0. The van der Waals surface area contributed by atoms with E-state index in [1.54, 1.807) is 0 Å². The van der Waals surface area contributed by atoms with Gasteiger partial charge >= 0.3 is 5.97 Å². The van der Waals surface area contributed by atoms with Crippen molar-refractivity contribution in [2.75, 3.05) is 0 Å². The van der Waals surface area contributed by atoms with Crippen LogP contribution in [0, 0.1) is 34.0 Å². The van der Waals surface area contributed by atoms with Gasteiger partial charge in [-0.3, -0.25) is 9.59 Å². The summed E-state index contributed by atoms with van der Waals surface area (Å²) in [4.78, 5) is 25.1. The van der Waals surface area contributed by atoms with Crippen LogP contribution in [0.15, 0.2) is 12.2 Å². The van der Waals surface area contributed by atoms with Crippen molar-refractivity contribution in [3.63, 3.8) is 0 Å². The fraction of sp³-hybridized carbons (Fsp3) is 0.800. The van der Waals surface area contributed by atoms with E-state index in [0.717, 1.165) is 56.9 Å². The Morgan fingerprint density at radius 1 is 1.13 bits per heavy atom. The first-order valence-electron chi connectivity index (χ1n) is 9.23. The molecule has 6 atom stereocenters. The van der Waals surface area contributed by atoms with Crippen LogP contribution in [0.2, 0.25) is 0 Å². The summed E-state index contributed by atoms with van der Waals surface area (Å²) in [5.41, 5.74) is 0.0347. The first-order valence-corrected chi connectivity index (χ1v) is 9.23. The second-order valence-corrected chi connectivity index (χ2v) is 9.21. The molecule has 3 unspecified atom stereocenters. The molecule has 4 aliphatic rings. The Morgan fingerprint density at radius 3 is 2.57 bits per heavy atom. The highest BCUT2D eigenvalue weighted by Gasteiger charge is 2.67. The van der Waals surface area contributed by atoms with Gasteiger partial charge < -0.3 is 5.11 Å². The number of carbonyl (C=O) groups excluding carboxylic acids is 1. The number of ketones is 1. The van der Waals surface area contributed by atoms with Gasteiger partial charge in [-0.1, -0.05) is 19.9 Å². The van der Waals surface area contributed by atoms with E-state index >= 15 is 0 Å². The van der Waals surface area contributed by atoms with E-state index in [1.165, 1.54) is 0 Å². The van der Waals surface area contributed by atoms with Crippen molar-refractivity contribution in [3.8, 4) is 0 Å². The third-order valence-electron chi connectivity index (χ3n) is 8.46. The molecule has 4 rings (SSSR count). The lowest BCUT2D eigenvalue weighted by Gasteiger charge is -2.62. The molecule has 3 nitrogen and oxygen atoms in total. The van der Waals surface area contributed by atoms with E-state index in [1.807, 2.05) is 6.92 Å². The van der Waals surface area contributed by atoms with Crippen LogP contribution >= 0.6 is 0 Å². The number of hydrogen-bond acceptors (Lipinski definition) is 2. The minimum atomic E-state index is -0.639. The van der Waals surface area contributed by atoms with E-state index in [-0.39, 0.29) is 16.7 Å². The van der Waals surface area contributed by atoms with Crippen molar-refractivity contribution < 1.29 is 14.7 Å². The SMILES string of the molecule is C=C1C(=O)C23CC[C@H]4C(C)(CCC[C@@]4(C)C(=O)O)[C@@H]2CCC1C3. The average Bonchev–Trinajstić information content (AvgIpc) is 2.68. The molecule has 0 radical (unpaired) electrons. The molecule has 3 heteroatoms. The normalized spacial score (nSPS) is 52.0. The molecule has 1 spiro atoms. The number of allylic oxidation sites excluding steroid dienone is 1. The third kappa shape index (κ3) is 1.66. The summed E-state index contributed by atoms with van der Waals surface area (Å²) in [5.74, 6) is 0.645. The molecular weight excluding hydrogens is 288 g/mol. The zero-order valence-electron chi connectivity index (χ0n) is 14.4. The first-order chi connectivity index (χ1) is 10.8. The smallest absolute Gasteiger partial charge is 0.309 e. The van der Waals surface area contributed by atoms with Crippen LogP contribution in [0.3, 0.4) is 0 Å². The molecule has 0 aromatic carbocycles. The van der Waals surface area contributed by atoms with Gasteiger partial charge in [0.05, 0.1) is 5.41 Å². The maximum Gasteiger partial charge on any atom is 0.309 e. The number of Topliss-reactive ketones (excluding diaryl/α,β-unsaturated/α-hetero) is 1. The Kier molecular flexibility index (Phi) is 3.01. The van der Waals surface area contributed by atoms with Crippen LogP contribution < -0.4 is 0 Å². The van der Waals surface area contributed by atoms with Crippen LogP contribution in [0.25, 0.3) is 0 Å². The van der Waals surface area contributed by atoms with Crippen LogP contribution in [0.5, 0.6) is 0 Å². The summed E-state index contributed by atoms with van der Waals surface area (Å²) in [6, 6.07) is 0. The zero-order valence-corrected chi connectivity index (χ0v) is 14.4. The standard InChI is InChI=1S/C20H28O3/c1-12-13-5-6-15-18(2)8-4-9-19(3,17(22)23)14(18)7-10-20(15,11-13)16(12)21/h13-15H,1,4-11H2,2-3H3,(H,22,23)/t13?,14-,15-,18?,19+,20?/m0/s1. The van der Waals surface area contributed by atoms with Crippen LogP contribution in [-0.2, 0) is 9.59 Å². The van der Waals surface area contributed by atoms with Gasteiger partial charge in [-0.05, 0) is 80.6 Å². The summed E-state index contributed by atoms with van der Waals surface area (Å²) in [6.45, 7) is 8.36. The zero-order chi connectivity index (χ0) is 16.6. The number of rotatable bonds is 1. The lowest BCUT2D eigenvalue weighted by molar-refractivity contribution is -0.182. The number of carbonyl (C=O) groups is 2. The van der Waals surface area contributed by atoms with Crippen molar-refractivity contribution >= 4 is 11.8 Å². The van der Waals surface area contributed by atoms with E-state index in [0.29, 0.717) is 17.6 Å². The second-order valence-electron chi connectivity index (χ2n) is 9.21. The predicted octanol–water partition coefficient (Wildman–Crippen LogP) is 4.22. The van der Waals surface area contributed by atoms with Gasteiger partial charge in [-0.25, -0.2) is 0 Å². The number of hydrogen-bond donors (Lipinski definition) is 1. The number of fused-ring (bicyclic) bond motifs is 3. The number of aliphatic carboxylic acids is 1. The highest BCUT2D eigenvalue weighted by atomic mass is 16.4.